The van der Waals surface area contributed by atoms with Crippen LogP contribution in [0.4, 0.5) is 6.01 Å². The number of aryl methyl sites for hydroxylation is 1. The molecule has 2 rings (SSSR count). The second kappa shape index (κ2) is 6.39. The van der Waals surface area contributed by atoms with E-state index in [-0.39, 0.29) is 23.4 Å². The smallest absolute Gasteiger partial charge is 0.329 e. The average molecular weight is 307 g/mol. The molecule has 2 N–H and O–H groups in total. The fourth-order valence-electron chi connectivity index (χ4n) is 1.47. The molecule has 0 amide bonds. The van der Waals surface area contributed by atoms with Crippen LogP contribution in [0.25, 0.3) is 0 Å². The third-order valence-corrected chi connectivity index (χ3v) is 3.68. The number of rotatable bonds is 4. The van der Waals surface area contributed by atoms with Crippen molar-refractivity contribution in [3.8, 4) is 11.8 Å². The maximum absolute atomic E-state index is 12.2. The highest BCUT2D eigenvalue weighted by Crippen LogP contribution is 2.15. The molecule has 0 aliphatic heterocycles. The van der Waals surface area contributed by atoms with Gasteiger partial charge in [0.25, 0.3) is 10.0 Å². The fourth-order valence-corrected chi connectivity index (χ4v) is 2.44. The number of aliphatic hydroxyl groups is 1. The molecule has 0 aliphatic carbocycles. The summed E-state index contributed by atoms with van der Waals surface area (Å²) in [5.74, 6) is 5.76. The van der Waals surface area contributed by atoms with Crippen molar-refractivity contribution >= 4 is 16.0 Å². The highest BCUT2D eigenvalue weighted by atomic mass is 32.2. The van der Waals surface area contributed by atoms with E-state index >= 15 is 0 Å². The lowest BCUT2D eigenvalue weighted by Gasteiger charge is -2.04. The molecule has 0 spiro atoms. The molecule has 8 heteroatoms. The second-order valence-electron chi connectivity index (χ2n) is 4.03. The number of benzene rings is 1. The minimum absolute atomic E-state index is 0.0363. The van der Waals surface area contributed by atoms with Crippen molar-refractivity contribution in [3.63, 3.8) is 0 Å². The summed E-state index contributed by atoms with van der Waals surface area (Å²) in [7, 11) is -3.82. The number of aliphatic hydroxyl groups excluding tert-OH is 1. The van der Waals surface area contributed by atoms with E-state index in [9.17, 15) is 8.42 Å². The summed E-state index contributed by atoms with van der Waals surface area (Å²) in [6.07, 6.45) is 0.330. The van der Waals surface area contributed by atoms with Gasteiger partial charge in [-0.2, -0.15) is 0 Å². The minimum atomic E-state index is -3.82. The van der Waals surface area contributed by atoms with Gasteiger partial charge in [-0.25, -0.2) is 13.1 Å². The first-order valence-corrected chi connectivity index (χ1v) is 7.52. The molecular formula is C13H13N3O4S. The lowest BCUT2D eigenvalue weighted by Crippen LogP contribution is -2.13. The van der Waals surface area contributed by atoms with Gasteiger partial charge in [0.1, 0.15) is 0 Å². The van der Waals surface area contributed by atoms with Crippen LogP contribution in [0, 0.1) is 18.8 Å². The number of sulfonamides is 1. The molecule has 110 valence electrons. The van der Waals surface area contributed by atoms with E-state index in [1.807, 2.05) is 0 Å². The van der Waals surface area contributed by atoms with E-state index in [2.05, 4.69) is 26.8 Å². The number of hydrogen-bond donors (Lipinski definition) is 2. The van der Waals surface area contributed by atoms with E-state index in [1.165, 1.54) is 12.1 Å². The molecule has 7 nitrogen and oxygen atoms in total. The zero-order valence-corrected chi connectivity index (χ0v) is 12.0. The first-order chi connectivity index (χ1) is 10.0. The topological polar surface area (TPSA) is 105 Å². The van der Waals surface area contributed by atoms with Gasteiger partial charge in [0.05, 0.1) is 11.5 Å². The molecule has 0 saturated heterocycles. The Morgan fingerprint density at radius 2 is 2.19 bits per heavy atom. The van der Waals surface area contributed by atoms with Crippen molar-refractivity contribution in [2.45, 2.75) is 18.2 Å². The molecule has 0 radical (unpaired) electrons. The number of nitrogens with zero attached hydrogens (tertiary/aromatic N) is 2. The molecular weight excluding hydrogens is 294 g/mol. The molecule has 1 aromatic carbocycles. The third kappa shape index (κ3) is 4.05. The largest absolute Gasteiger partial charge is 0.408 e. The molecule has 0 atom stereocenters. The average Bonchev–Trinajstić information content (AvgIpc) is 2.84. The Balaban J connectivity index is 2.24. The van der Waals surface area contributed by atoms with Crippen molar-refractivity contribution in [1.82, 2.24) is 10.2 Å². The van der Waals surface area contributed by atoms with Crippen LogP contribution >= 0.6 is 0 Å². The highest BCUT2D eigenvalue weighted by molar-refractivity contribution is 7.92. The summed E-state index contributed by atoms with van der Waals surface area (Å²) in [6.45, 7) is 1.52. The van der Waals surface area contributed by atoms with Crippen LogP contribution in [0.2, 0.25) is 0 Å². The molecule has 0 saturated carbocycles. The number of hydrogen-bond acceptors (Lipinski definition) is 6. The Labute approximate surface area is 122 Å². The van der Waals surface area contributed by atoms with E-state index in [0.717, 1.165) is 0 Å². The summed E-state index contributed by atoms with van der Waals surface area (Å²) in [4.78, 5) is 0.0363. The second-order valence-corrected chi connectivity index (χ2v) is 5.72. The van der Waals surface area contributed by atoms with E-state index < -0.39 is 10.0 Å². The number of anilines is 1. The molecule has 0 unspecified atom stereocenters. The predicted octanol–water partition coefficient (Wildman–Crippen LogP) is 0.913. The Morgan fingerprint density at radius 3 is 2.86 bits per heavy atom. The quantitative estimate of drug-likeness (QED) is 0.813. The first-order valence-electron chi connectivity index (χ1n) is 6.04. The highest BCUT2D eigenvalue weighted by Gasteiger charge is 2.17. The van der Waals surface area contributed by atoms with E-state index in [4.69, 9.17) is 9.52 Å². The Bertz CT molecular complexity index is 787. The molecule has 1 aromatic heterocycles. The van der Waals surface area contributed by atoms with Gasteiger partial charge in [-0.1, -0.05) is 23.0 Å². The lowest BCUT2D eigenvalue weighted by molar-refractivity contribution is 0.305. The molecule has 21 heavy (non-hydrogen) atoms. The predicted molar refractivity (Wildman–Crippen MR) is 74.9 cm³/mol. The van der Waals surface area contributed by atoms with Crippen molar-refractivity contribution in [1.29, 1.82) is 0 Å². The number of nitrogens with one attached hydrogen (secondary N) is 1. The fraction of sp³-hybridized carbons (Fsp3) is 0.231. The van der Waals surface area contributed by atoms with Crippen molar-refractivity contribution in [2.75, 3.05) is 11.3 Å². The third-order valence-electron chi connectivity index (χ3n) is 2.36. The SMILES string of the molecule is Cc1nnc(NS(=O)(=O)c2cccc(C#CCCO)c2)o1. The zero-order valence-electron chi connectivity index (χ0n) is 11.2. The monoisotopic (exact) mass is 307 g/mol. The van der Waals surface area contributed by atoms with Gasteiger partial charge in [-0.05, 0) is 18.2 Å². The standard InChI is InChI=1S/C13H13N3O4S/c1-10-14-15-13(20-10)16-21(18,19)12-7-4-6-11(9-12)5-2-3-8-17/h4,6-7,9,17H,3,8H2,1H3,(H,15,16). The van der Waals surface area contributed by atoms with Crippen molar-refractivity contribution in [3.05, 3.63) is 35.7 Å². The first kappa shape index (κ1) is 15.0. The maximum Gasteiger partial charge on any atom is 0.329 e. The lowest BCUT2D eigenvalue weighted by atomic mass is 10.2. The minimum Gasteiger partial charge on any atom is -0.408 e. The molecule has 2 aromatic rings. The zero-order chi connectivity index (χ0) is 15.3. The van der Waals surface area contributed by atoms with Gasteiger partial charge in [-0.3, -0.25) is 0 Å². The van der Waals surface area contributed by atoms with Crippen LogP contribution < -0.4 is 4.72 Å². The summed E-state index contributed by atoms with van der Waals surface area (Å²) in [6, 6.07) is 5.93. The van der Waals surface area contributed by atoms with Crippen molar-refractivity contribution < 1.29 is 17.9 Å². The Morgan fingerprint density at radius 1 is 1.38 bits per heavy atom. The van der Waals surface area contributed by atoms with Gasteiger partial charge in [0.2, 0.25) is 5.89 Å². The molecule has 0 bridgehead atoms. The Kier molecular flexibility index (Phi) is 4.57. The van der Waals surface area contributed by atoms with Crippen LogP contribution in [0.1, 0.15) is 17.9 Å². The summed E-state index contributed by atoms with van der Waals surface area (Å²) in [5, 5.41) is 15.8. The molecule has 0 aliphatic rings. The maximum atomic E-state index is 12.2. The van der Waals surface area contributed by atoms with Gasteiger partial charge in [-0.15, -0.1) is 5.10 Å². The van der Waals surface area contributed by atoms with E-state index in [1.54, 1.807) is 19.1 Å². The van der Waals surface area contributed by atoms with Gasteiger partial charge in [0.15, 0.2) is 0 Å². The molecule has 0 fully saturated rings. The Hall–Kier alpha value is -2.37. The van der Waals surface area contributed by atoms with Crippen LogP contribution in [0.15, 0.2) is 33.6 Å². The normalized spacial score (nSPS) is 10.8. The van der Waals surface area contributed by atoms with Crippen LogP contribution in [-0.2, 0) is 10.0 Å². The summed E-state index contributed by atoms with van der Waals surface area (Å²) in [5.41, 5.74) is 0.535. The van der Waals surface area contributed by atoms with Gasteiger partial charge >= 0.3 is 6.01 Å². The van der Waals surface area contributed by atoms with Crippen LogP contribution in [-0.4, -0.2) is 30.3 Å². The summed E-state index contributed by atoms with van der Waals surface area (Å²) >= 11 is 0. The van der Waals surface area contributed by atoms with Gasteiger partial charge < -0.3 is 9.52 Å². The van der Waals surface area contributed by atoms with Crippen molar-refractivity contribution in [2.24, 2.45) is 0 Å². The van der Waals surface area contributed by atoms with Crippen LogP contribution in [0.3, 0.4) is 0 Å². The van der Waals surface area contributed by atoms with E-state index in [0.29, 0.717) is 12.0 Å². The van der Waals surface area contributed by atoms with Gasteiger partial charge in [0, 0.05) is 18.9 Å². The number of aromatic nitrogens is 2. The van der Waals surface area contributed by atoms with Crippen LogP contribution in [0.5, 0.6) is 0 Å². The summed E-state index contributed by atoms with van der Waals surface area (Å²) < 4.78 is 31.5. The molecule has 1 heterocycles.